The number of aromatic carboxylic acids is 1. The molecule has 5 nitrogen and oxygen atoms in total. The minimum Gasteiger partial charge on any atom is -0.477 e. The van der Waals surface area contributed by atoms with Crippen molar-refractivity contribution in [3.63, 3.8) is 0 Å². The van der Waals surface area contributed by atoms with E-state index in [9.17, 15) is 14.7 Å². The number of carbonyl (C=O) groups is 1. The zero-order chi connectivity index (χ0) is 16.7. The average molecular weight is 329 g/mol. The van der Waals surface area contributed by atoms with Crippen LogP contribution in [0.3, 0.4) is 0 Å². The van der Waals surface area contributed by atoms with Gasteiger partial charge in [-0.3, -0.25) is 9.78 Å². The second kappa shape index (κ2) is 5.52. The van der Waals surface area contributed by atoms with Gasteiger partial charge in [-0.05, 0) is 30.2 Å². The van der Waals surface area contributed by atoms with Gasteiger partial charge in [-0.25, -0.2) is 4.79 Å². The van der Waals surface area contributed by atoms with Crippen LogP contribution in [0.1, 0.15) is 16.1 Å². The highest BCUT2D eigenvalue weighted by molar-refractivity contribution is 6.31. The van der Waals surface area contributed by atoms with E-state index in [0.29, 0.717) is 21.5 Å². The molecule has 0 spiro atoms. The molecule has 0 atom stereocenters. The fourth-order valence-electron chi connectivity index (χ4n) is 2.73. The maximum atomic E-state index is 12.4. The highest BCUT2D eigenvalue weighted by Gasteiger charge is 2.23. The van der Waals surface area contributed by atoms with Gasteiger partial charge >= 0.3 is 5.97 Å². The molecule has 0 saturated heterocycles. The lowest BCUT2D eigenvalue weighted by Crippen LogP contribution is -2.25. The van der Waals surface area contributed by atoms with Crippen molar-refractivity contribution >= 4 is 28.5 Å². The van der Waals surface area contributed by atoms with Crippen LogP contribution in [0.2, 0.25) is 5.02 Å². The first kappa shape index (κ1) is 15.2. The Morgan fingerprint density at radius 2 is 2.00 bits per heavy atom. The molecule has 2 heterocycles. The van der Waals surface area contributed by atoms with Crippen LogP contribution in [-0.4, -0.2) is 20.6 Å². The van der Waals surface area contributed by atoms with Crippen molar-refractivity contribution in [2.75, 3.05) is 0 Å². The molecule has 0 saturated carbocycles. The third kappa shape index (κ3) is 2.29. The molecule has 0 aliphatic carbocycles. The van der Waals surface area contributed by atoms with E-state index in [-0.39, 0.29) is 11.2 Å². The fraction of sp³-hybridized carbons (Fsp3) is 0.118. The van der Waals surface area contributed by atoms with Gasteiger partial charge in [-0.2, -0.15) is 0 Å². The van der Waals surface area contributed by atoms with Gasteiger partial charge in [0.2, 0.25) is 0 Å². The Labute approximate surface area is 136 Å². The molecular weight excluding hydrogens is 316 g/mol. The monoisotopic (exact) mass is 328 g/mol. The van der Waals surface area contributed by atoms with Crippen LogP contribution in [0.15, 0.2) is 41.3 Å². The first-order chi connectivity index (χ1) is 10.9. The molecule has 0 unspecified atom stereocenters. The third-order valence-electron chi connectivity index (χ3n) is 3.90. The number of carboxylic acid groups (broad SMARTS) is 1. The standard InChI is InChI=1S/C17H13ClN2O3/c1-9-10(5-3-7-12(9)18)13-11-6-4-8-19-14(11)16(21)20(2)15(13)17(22)23/h3-8H,1-2H3,(H,22,23). The molecule has 0 fully saturated rings. The smallest absolute Gasteiger partial charge is 0.353 e. The van der Waals surface area contributed by atoms with Crippen LogP contribution in [0.5, 0.6) is 0 Å². The summed E-state index contributed by atoms with van der Waals surface area (Å²) >= 11 is 6.19. The number of halogens is 1. The molecule has 0 aliphatic heterocycles. The maximum Gasteiger partial charge on any atom is 0.353 e. The second-order valence-electron chi connectivity index (χ2n) is 5.20. The molecule has 0 amide bonds. The number of carboxylic acids is 1. The Balaban J connectivity index is 2.60. The van der Waals surface area contributed by atoms with E-state index in [4.69, 9.17) is 11.6 Å². The van der Waals surface area contributed by atoms with E-state index in [1.807, 2.05) is 6.92 Å². The van der Waals surface area contributed by atoms with Crippen molar-refractivity contribution in [1.29, 1.82) is 0 Å². The summed E-state index contributed by atoms with van der Waals surface area (Å²) in [5.74, 6) is -1.18. The zero-order valence-corrected chi connectivity index (χ0v) is 13.3. The van der Waals surface area contributed by atoms with E-state index in [2.05, 4.69) is 4.98 Å². The van der Waals surface area contributed by atoms with Gasteiger partial charge in [0.25, 0.3) is 5.56 Å². The Morgan fingerprint density at radius 1 is 1.26 bits per heavy atom. The third-order valence-corrected chi connectivity index (χ3v) is 4.31. The number of hydrogen-bond donors (Lipinski definition) is 1. The van der Waals surface area contributed by atoms with Gasteiger partial charge < -0.3 is 9.67 Å². The van der Waals surface area contributed by atoms with Crippen LogP contribution in [0.25, 0.3) is 22.0 Å². The van der Waals surface area contributed by atoms with Crippen molar-refractivity contribution in [3.05, 3.63) is 63.2 Å². The predicted molar refractivity (Wildman–Crippen MR) is 89.1 cm³/mol. The molecule has 23 heavy (non-hydrogen) atoms. The topological polar surface area (TPSA) is 72.2 Å². The van der Waals surface area contributed by atoms with Crippen LogP contribution in [0.4, 0.5) is 0 Å². The summed E-state index contributed by atoms with van der Waals surface area (Å²) in [6.07, 6.45) is 1.51. The number of fused-ring (bicyclic) bond motifs is 1. The van der Waals surface area contributed by atoms with Crippen LogP contribution in [0, 0.1) is 6.92 Å². The molecule has 116 valence electrons. The van der Waals surface area contributed by atoms with Crippen molar-refractivity contribution in [3.8, 4) is 11.1 Å². The number of rotatable bonds is 2. The normalized spacial score (nSPS) is 10.9. The van der Waals surface area contributed by atoms with Crippen LogP contribution in [-0.2, 0) is 7.05 Å². The van der Waals surface area contributed by atoms with E-state index < -0.39 is 11.5 Å². The Hall–Kier alpha value is -2.66. The Kier molecular flexibility index (Phi) is 3.66. The highest BCUT2D eigenvalue weighted by Crippen LogP contribution is 2.34. The lowest BCUT2D eigenvalue weighted by Gasteiger charge is -2.16. The molecule has 3 rings (SSSR count). The van der Waals surface area contributed by atoms with Crippen LogP contribution < -0.4 is 5.56 Å². The summed E-state index contributed by atoms with van der Waals surface area (Å²) in [4.78, 5) is 28.3. The molecular formula is C17H13ClN2O3. The number of benzene rings is 1. The summed E-state index contributed by atoms with van der Waals surface area (Å²) < 4.78 is 1.12. The Morgan fingerprint density at radius 3 is 2.70 bits per heavy atom. The van der Waals surface area contributed by atoms with E-state index in [0.717, 1.165) is 10.1 Å². The van der Waals surface area contributed by atoms with Gasteiger partial charge in [-0.1, -0.05) is 29.8 Å². The van der Waals surface area contributed by atoms with Gasteiger partial charge in [0.1, 0.15) is 11.2 Å². The molecule has 0 bridgehead atoms. The summed E-state index contributed by atoms with van der Waals surface area (Å²) in [7, 11) is 1.43. The minimum atomic E-state index is -1.18. The van der Waals surface area contributed by atoms with Gasteiger partial charge in [0, 0.05) is 29.2 Å². The highest BCUT2D eigenvalue weighted by atomic mass is 35.5. The van der Waals surface area contributed by atoms with Crippen molar-refractivity contribution in [2.24, 2.45) is 7.05 Å². The van der Waals surface area contributed by atoms with Crippen molar-refractivity contribution in [1.82, 2.24) is 9.55 Å². The average Bonchev–Trinajstić information content (AvgIpc) is 2.53. The summed E-state index contributed by atoms with van der Waals surface area (Å²) in [5.41, 5.74) is 1.57. The predicted octanol–water partition coefficient (Wildman–Crippen LogP) is 3.26. The number of nitrogens with zero attached hydrogens (tertiary/aromatic N) is 2. The lowest BCUT2D eigenvalue weighted by atomic mass is 9.95. The first-order valence-electron chi connectivity index (χ1n) is 6.90. The summed E-state index contributed by atoms with van der Waals surface area (Å²) in [6, 6.07) is 8.66. The maximum absolute atomic E-state index is 12.4. The minimum absolute atomic E-state index is 0.0825. The fourth-order valence-corrected chi connectivity index (χ4v) is 2.91. The van der Waals surface area contributed by atoms with Gasteiger partial charge in [0.05, 0.1) is 0 Å². The SMILES string of the molecule is Cc1c(Cl)cccc1-c1c(C(=O)O)n(C)c(=O)c2ncccc12. The lowest BCUT2D eigenvalue weighted by molar-refractivity contribution is 0.0686. The van der Waals surface area contributed by atoms with Crippen molar-refractivity contribution < 1.29 is 9.90 Å². The molecule has 6 heteroatoms. The van der Waals surface area contributed by atoms with Gasteiger partial charge in [-0.15, -0.1) is 0 Å². The zero-order valence-electron chi connectivity index (χ0n) is 12.5. The van der Waals surface area contributed by atoms with E-state index in [1.54, 1.807) is 30.3 Å². The summed E-state index contributed by atoms with van der Waals surface area (Å²) in [5, 5.41) is 10.7. The summed E-state index contributed by atoms with van der Waals surface area (Å²) in [6.45, 7) is 1.82. The molecule has 3 aromatic rings. The number of aromatic nitrogens is 2. The second-order valence-corrected chi connectivity index (χ2v) is 5.61. The van der Waals surface area contributed by atoms with Crippen molar-refractivity contribution in [2.45, 2.75) is 6.92 Å². The molecule has 0 radical (unpaired) electrons. The first-order valence-corrected chi connectivity index (χ1v) is 7.27. The van der Waals surface area contributed by atoms with Crippen LogP contribution >= 0.6 is 11.6 Å². The largest absolute Gasteiger partial charge is 0.477 e. The number of hydrogen-bond acceptors (Lipinski definition) is 3. The molecule has 1 aromatic carbocycles. The Bertz CT molecular complexity index is 1010. The quantitative estimate of drug-likeness (QED) is 0.783. The van der Waals surface area contributed by atoms with E-state index >= 15 is 0 Å². The molecule has 2 aromatic heterocycles. The van der Waals surface area contributed by atoms with E-state index in [1.165, 1.54) is 13.2 Å². The van der Waals surface area contributed by atoms with Gasteiger partial charge in [0.15, 0.2) is 0 Å². The molecule has 0 aliphatic rings. The molecule has 1 N–H and O–H groups in total. The number of pyridine rings is 2.